The van der Waals surface area contributed by atoms with Crippen LogP contribution in [0.25, 0.3) is 0 Å². The molecule has 1 unspecified atom stereocenters. The summed E-state index contributed by atoms with van der Waals surface area (Å²) in [6.45, 7) is 9.25. The highest BCUT2D eigenvalue weighted by Gasteiger charge is 2.15. The van der Waals surface area contributed by atoms with Crippen LogP contribution in [0.15, 0.2) is 35.5 Å². The van der Waals surface area contributed by atoms with Crippen molar-refractivity contribution in [3.8, 4) is 0 Å². The Kier molecular flexibility index (Phi) is 8.47. The van der Waals surface area contributed by atoms with Crippen LogP contribution in [0.3, 0.4) is 0 Å². The van der Waals surface area contributed by atoms with Crippen LogP contribution in [0.1, 0.15) is 31.7 Å². The Labute approximate surface area is 127 Å². The Morgan fingerprint density at radius 1 is 1.29 bits per heavy atom. The van der Waals surface area contributed by atoms with Gasteiger partial charge in [0.05, 0.1) is 5.92 Å². The van der Waals surface area contributed by atoms with Gasteiger partial charge in [-0.05, 0) is 38.2 Å². The summed E-state index contributed by atoms with van der Waals surface area (Å²) in [4.78, 5) is 2.40. The van der Waals surface area contributed by atoms with Gasteiger partial charge in [0.2, 0.25) is 0 Å². The number of rotatable bonds is 10. The molecule has 1 atom stereocenters. The molecule has 5 heteroatoms. The van der Waals surface area contributed by atoms with Crippen LogP contribution in [0.2, 0.25) is 0 Å². The number of nitrogens with two attached hydrogens (primary N) is 1. The maximum absolute atomic E-state index is 8.93. The van der Waals surface area contributed by atoms with Crippen LogP contribution >= 0.6 is 0 Å². The predicted octanol–water partition coefficient (Wildman–Crippen LogP) is 1.84. The predicted molar refractivity (Wildman–Crippen MR) is 87.9 cm³/mol. The topological polar surface area (TPSA) is 73.9 Å². The smallest absolute Gasteiger partial charge is 0.147 e. The lowest BCUT2D eigenvalue weighted by atomic mass is 9.98. The number of amidine groups is 1. The van der Waals surface area contributed by atoms with Crippen molar-refractivity contribution in [2.24, 2.45) is 10.9 Å². The molecule has 0 radical (unpaired) electrons. The highest BCUT2D eigenvalue weighted by atomic mass is 16.4. The first kappa shape index (κ1) is 17.5. The lowest BCUT2D eigenvalue weighted by molar-refractivity contribution is 0.297. The average Bonchev–Trinajstić information content (AvgIpc) is 2.54. The van der Waals surface area contributed by atoms with Crippen molar-refractivity contribution in [1.82, 2.24) is 10.2 Å². The number of hydrogen-bond donors (Lipinski definition) is 3. The van der Waals surface area contributed by atoms with E-state index in [1.165, 1.54) is 0 Å². The number of benzene rings is 1. The molecule has 0 aromatic heterocycles. The second-order valence-electron chi connectivity index (χ2n) is 5.07. The third-order valence-corrected chi connectivity index (χ3v) is 3.75. The quantitative estimate of drug-likeness (QED) is 0.202. The molecule has 0 aliphatic rings. The maximum Gasteiger partial charge on any atom is 0.147 e. The molecule has 0 spiro atoms. The van der Waals surface area contributed by atoms with Crippen molar-refractivity contribution in [2.75, 3.05) is 32.7 Å². The van der Waals surface area contributed by atoms with Crippen LogP contribution < -0.4 is 11.1 Å². The van der Waals surface area contributed by atoms with Crippen LogP contribution in [-0.2, 0) is 0 Å². The van der Waals surface area contributed by atoms with Crippen molar-refractivity contribution in [2.45, 2.75) is 26.2 Å². The third kappa shape index (κ3) is 6.14. The standard InChI is InChI=1S/C16H28N4O/c1-3-20(4-2)12-8-11-18-13-15(16(17)19-21)14-9-6-5-7-10-14/h5-7,9-10,15,18,21H,3-4,8,11-13H2,1-2H3,(H2,17,19). The van der Waals surface area contributed by atoms with E-state index >= 15 is 0 Å². The molecule has 0 aliphatic heterocycles. The van der Waals surface area contributed by atoms with Crippen LogP contribution in [0, 0.1) is 0 Å². The van der Waals surface area contributed by atoms with E-state index in [1.54, 1.807) is 0 Å². The molecule has 0 saturated carbocycles. The highest BCUT2D eigenvalue weighted by molar-refractivity contribution is 5.87. The summed E-state index contributed by atoms with van der Waals surface area (Å²) >= 11 is 0. The van der Waals surface area contributed by atoms with Gasteiger partial charge >= 0.3 is 0 Å². The number of nitrogens with one attached hydrogen (secondary N) is 1. The van der Waals surface area contributed by atoms with E-state index in [1.807, 2.05) is 30.3 Å². The first-order valence-electron chi connectivity index (χ1n) is 7.68. The molecule has 0 bridgehead atoms. The van der Waals surface area contributed by atoms with E-state index in [-0.39, 0.29) is 11.8 Å². The molecule has 0 amide bonds. The minimum absolute atomic E-state index is 0.0929. The normalized spacial score (nSPS) is 13.6. The van der Waals surface area contributed by atoms with Crippen LogP contribution in [-0.4, -0.2) is 48.7 Å². The van der Waals surface area contributed by atoms with Crippen LogP contribution in [0.5, 0.6) is 0 Å². The Bertz CT molecular complexity index is 404. The molecule has 0 fully saturated rings. The summed E-state index contributed by atoms with van der Waals surface area (Å²) in [5.41, 5.74) is 6.87. The lowest BCUT2D eigenvalue weighted by Crippen LogP contribution is -2.33. The summed E-state index contributed by atoms with van der Waals surface area (Å²) in [7, 11) is 0. The van der Waals surface area contributed by atoms with Crippen LogP contribution in [0.4, 0.5) is 0 Å². The van der Waals surface area contributed by atoms with E-state index < -0.39 is 0 Å². The van der Waals surface area contributed by atoms with Gasteiger partial charge in [-0.15, -0.1) is 0 Å². The van der Waals surface area contributed by atoms with Gasteiger partial charge in [-0.25, -0.2) is 0 Å². The largest absolute Gasteiger partial charge is 0.409 e. The van der Waals surface area contributed by atoms with Crippen molar-refractivity contribution < 1.29 is 5.21 Å². The molecule has 118 valence electrons. The molecule has 21 heavy (non-hydrogen) atoms. The van der Waals surface area contributed by atoms with Gasteiger partial charge in [-0.3, -0.25) is 0 Å². The molecule has 5 nitrogen and oxygen atoms in total. The fourth-order valence-electron chi connectivity index (χ4n) is 2.36. The van der Waals surface area contributed by atoms with Crippen molar-refractivity contribution >= 4 is 5.84 Å². The van der Waals surface area contributed by atoms with Gasteiger partial charge in [0.1, 0.15) is 5.84 Å². The minimum atomic E-state index is -0.0929. The summed E-state index contributed by atoms with van der Waals surface area (Å²) in [6, 6.07) is 9.89. The second kappa shape index (κ2) is 10.2. The zero-order valence-corrected chi connectivity index (χ0v) is 13.1. The number of hydrogen-bond acceptors (Lipinski definition) is 4. The first-order valence-corrected chi connectivity index (χ1v) is 7.68. The zero-order chi connectivity index (χ0) is 15.5. The van der Waals surface area contributed by atoms with Gasteiger partial charge in [0.15, 0.2) is 0 Å². The highest BCUT2D eigenvalue weighted by Crippen LogP contribution is 2.14. The lowest BCUT2D eigenvalue weighted by Gasteiger charge is -2.19. The van der Waals surface area contributed by atoms with E-state index in [4.69, 9.17) is 10.9 Å². The SMILES string of the molecule is CCN(CC)CCCNCC(C(N)=NO)c1ccccc1. The molecular formula is C16H28N4O. The van der Waals surface area contributed by atoms with Gasteiger partial charge < -0.3 is 21.2 Å². The summed E-state index contributed by atoms with van der Waals surface area (Å²) < 4.78 is 0. The fraction of sp³-hybridized carbons (Fsp3) is 0.562. The third-order valence-electron chi connectivity index (χ3n) is 3.75. The first-order chi connectivity index (χ1) is 10.2. The summed E-state index contributed by atoms with van der Waals surface area (Å²) in [5.74, 6) is 0.155. The number of nitrogens with zero attached hydrogens (tertiary/aromatic N) is 2. The van der Waals surface area contributed by atoms with Crippen molar-refractivity contribution in [3.05, 3.63) is 35.9 Å². The molecule has 0 saturated heterocycles. The number of oxime groups is 1. The Hall–Kier alpha value is -1.59. The molecule has 0 aliphatic carbocycles. The van der Waals surface area contributed by atoms with Gasteiger partial charge in [-0.1, -0.05) is 49.3 Å². The zero-order valence-electron chi connectivity index (χ0n) is 13.1. The van der Waals surface area contributed by atoms with E-state index in [0.717, 1.165) is 38.2 Å². The Morgan fingerprint density at radius 2 is 1.95 bits per heavy atom. The van der Waals surface area contributed by atoms with Crippen molar-refractivity contribution in [3.63, 3.8) is 0 Å². The van der Waals surface area contributed by atoms with Crippen molar-refractivity contribution in [1.29, 1.82) is 0 Å². The maximum atomic E-state index is 8.93. The minimum Gasteiger partial charge on any atom is -0.409 e. The van der Waals surface area contributed by atoms with E-state index in [2.05, 4.69) is 29.2 Å². The summed E-state index contributed by atoms with van der Waals surface area (Å²) in [6.07, 6.45) is 1.10. The van der Waals surface area contributed by atoms with Gasteiger partial charge in [-0.2, -0.15) is 0 Å². The van der Waals surface area contributed by atoms with Gasteiger partial charge in [0.25, 0.3) is 0 Å². The Balaban J connectivity index is 2.42. The molecule has 0 heterocycles. The fourth-order valence-corrected chi connectivity index (χ4v) is 2.36. The second-order valence-corrected chi connectivity index (χ2v) is 5.07. The molecular weight excluding hydrogens is 264 g/mol. The molecule has 1 aromatic carbocycles. The van der Waals surface area contributed by atoms with E-state index in [0.29, 0.717) is 6.54 Å². The van der Waals surface area contributed by atoms with E-state index in [9.17, 15) is 0 Å². The molecule has 1 aromatic rings. The van der Waals surface area contributed by atoms with Gasteiger partial charge in [0, 0.05) is 6.54 Å². The molecule has 1 rings (SSSR count). The monoisotopic (exact) mass is 292 g/mol. The molecule has 4 N–H and O–H groups in total. The Morgan fingerprint density at radius 3 is 2.52 bits per heavy atom. The summed E-state index contributed by atoms with van der Waals surface area (Å²) in [5, 5.41) is 15.5. The average molecular weight is 292 g/mol.